The molecule has 0 aromatic rings. The molecule has 0 amide bonds. The molecule has 0 aliphatic carbocycles. The molecule has 20 heavy (non-hydrogen) atoms. The van der Waals surface area contributed by atoms with Gasteiger partial charge < -0.3 is 4.74 Å². The SMILES string of the molecule is CCCCCCCCSC(C)(C)C(=O)CC(=O)OCC. The fourth-order valence-electron chi connectivity index (χ4n) is 1.85. The Balaban J connectivity index is 3.82. The number of ketones is 1. The Labute approximate surface area is 128 Å². The Morgan fingerprint density at radius 3 is 2.20 bits per heavy atom. The molecule has 0 aromatic heterocycles. The predicted molar refractivity (Wildman–Crippen MR) is 86.2 cm³/mol. The van der Waals surface area contributed by atoms with Crippen LogP contribution in [0.3, 0.4) is 0 Å². The van der Waals surface area contributed by atoms with Crippen molar-refractivity contribution in [2.45, 2.75) is 77.4 Å². The second kappa shape index (κ2) is 11.2. The minimum Gasteiger partial charge on any atom is -0.466 e. The minimum absolute atomic E-state index is 0.0352. The summed E-state index contributed by atoms with van der Waals surface area (Å²) in [5.41, 5.74) is 0. The van der Waals surface area contributed by atoms with E-state index in [2.05, 4.69) is 6.92 Å². The molecule has 0 saturated heterocycles. The molecule has 0 radical (unpaired) electrons. The number of esters is 1. The maximum atomic E-state index is 12.0. The zero-order valence-corrected chi connectivity index (χ0v) is 14.3. The molecule has 0 heterocycles. The van der Waals surface area contributed by atoms with Gasteiger partial charge in [-0.15, -0.1) is 11.8 Å². The van der Waals surface area contributed by atoms with E-state index in [1.165, 1.54) is 32.1 Å². The van der Waals surface area contributed by atoms with Crippen LogP contribution in [0.2, 0.25) is 0 Å². The zero-order chi connectivity index (χ0) is 15.4. The maximum Gasteiger partial charge on any atom is 0.313 e. The number of hydrogen-bond acceptors (Lipinski definition) is 4. The number of rotatable bonds is 12. The number of unbranched alkanes of at least 4 members (excludes halogenated alkanes) is 5. The van der Waals surface area contributed by atoms with E-state index in [0.717, 1.165) is 12.2 Å². The number of hydrogen-bond donors (Lipinski definition) is 0. The van der Waals surface area contributed by atoms with Crippen molar-refractivity contribution in [2.24, 2.45) is 0 Å². The first-order valence-corrected chi connectivity index (χ1v) is 8.75. The summed E-state index contributed by atoms with van der Waals surface area (Å²) in [5.74, 6) is 0.533. The molecule has 0 saturated carbocycles. The summed E-state index contributed by atoms with van der Waals surface area (Å²) in [6.45, 7) is 8.10. The van der Waals surface area contributed by atoms with Gasteiger partial charge >= 0.3 is 5.97 Å². The van der Waals surface area contributed by atoms with Crippen LogP contribution in [0.1, 0.15) is 72.6 Å². The van der Waals surface area contributed by atoms with Crippen molar-refractivity contribution in [1.29, 1.82) is 0 Å². The lowest BCUT2D eigenvalue weighted by Gasteiger charge is -2.22. The van der Waals surface area contributed by atoms with Crippen molar-refractivity contribution in [3.8, 4) is 0 Å². The summed E-state index contributed by atoms with van der Waals surface area (Å²) in [5, 5.41) is 0. The highest BCUT2D eigenvalue weighted by Gasteiger charge is 2.29. The van der Waals surface area contributed by atoms with E-state index in [4.69, 9.17) is 4.74 Å². The molecule has 4 heteroatoms. The molecule has 0 aliphatic heterocycles. The van der Waals surface area contributed by atoms with Crippen LogP contribution < -0.4 is 0 Å². The molecule has 0 aliphatic rings. The molecule has 118 valence electrons. The third kappa shape index (κ3) is 9.40. The third-order valence-corrected chi connectivity index (χ3v) is 4.68. The fourth-order valence-corrected chi connectivity index (χ4v) is 2.94. The molecular weight excluding hydrogens is 272 g/mol. The number of carbonyl (C=O) groups is 2. The number of Topliss-reactive ketones (excluding diaryl/α,β-unsaturated/α-hetero) is 1. The topological polar surface area (TPSA) is 43.4 Å². The van der Waals surface area contributed by atoms with Crippen molar-refractivity contribution in [3.63, 3.8) is 0 Å². The number of carbonyl (C=O) groups excluding carboxylic acids is 2. The lowest BCUT2D eigenvalue weighted by atomic mass is 10.1. The van der Waals surface area contributed by atoms with Gasteiger partial charge in [-0.3, -0.25) is 9.59 Å². The normalized spacial score (nSPS) is 11.4. The van der Waals surface area contributed by atoms with E-state index in [1.54, 1.807) is 18.7 Å². The molecule has 0 aromatic carbocycles. The summed E-state index contributed by atoms with van der Waals surface area (Å²) in [4.78, 5) is 23.4. The van der Waals surface area contributed by atoms with Gasteiger partial charge in [0.25, 0.3) is 0 Å². The fraction of sp³-hybridized carbons (Fsp3) is 0.875. The van der Waals surface area contributed by atoms with Crippen molar-refractivity contribution in [3.05, 3.63) is 0 Å². The molecule has 0 atom stereocenters. The summed E-state index contributed by atoms with van der Waals surface area (Å²) in [7, 11) is 0. The highest BCUT2D eigenvalue weighted by Crippen LogP contribution is 2.28. The summed E-state index contributed by atoms with van der Waals surface area (Å²) in [6.07, 6.45) is 7.45. The molecule has 0 fully saturated rings. The van der Waals surface area contributed by atoms with E-state index in [1.807, 2.05) is 13.8 Å². The molecule has 3 nitrogen and oxygen atoms in total. The van der Waals surface area contributed by atoms with Gasteiger partial charge in [-0.2, -0.15) is 0 Å². The second-order valence-electron chi connectivity index (χ2n) is 5.53. The van der Waals surface area contributed by atoms with Crippen LogP contribution in [-0.4, -0.2) is 28.9 Å². The second-order valence-corrected chi connectivity index (χ2v) is 7.25. The highest BCUT2D eigenvalue weighted by molar-refractivity contribution is 8.01. The molecule has 0 N–H and O–H groups in total. The molecule has 0 spiro atoms. The largest absolute Gasteiger partial charge is 0.466 e. The van der Waals surface area contributed by atoms with Crippen molar-refractivity contribution < 1.29 is 14.3 Å². The smallest absolute Gasteiger partial charge is 0.313 e. The van der Waals surface area contributed by atoms with Gasteiger partial charge in [0.1, 0.15) is 6.42 Å². The lowest BCUT2D eigenvalue weighted by molar-refractivity contribution is -0.145. The van der Waals surface area contributed by atoms with Crippen molar-refractivity contribution in [2.75, 3.05) is 12.4 Å². The zero-order valence-electron chi connectivity index (χ0n) is 13.5. The molecular formula is C16H30O3S. The Morgan fingerprint density at radius 1 is 1.00 bits per heavy atom. The van der Waals surface area contributed by atoms with Crippen LogP contribution in [0.4, 0.5) is 0 Å². The minimum atomic E-state index is -0.490. The monoisotopic (exact) mass is 302 g/mol. The van der Waals surface area contributed by atoms with E-state index >= 15 is 0 Å². The number of ether oxygens (including phenoxy) is 1. The van der Waals surface area contributed by atoms with Gasteiger partial charge in [0.15, 0.2) is 5.78 Å². The molecule has 0 rings (SSSR count). The predicted octanol–water partition coefficient (Wildman–Crippen LogP) is 4.38. The van der Waals surface area contributed by atoms with E-state index < -0.39 is 10.7 Å². The number of thioether (sulfide) groups is 1. The summed E-state index contributed by atoms with van der Waals surface area (Å²) < 4.78 is 4.33. The first kappa shape index (κ1) is 19.5. The Kier molecular flexibility index (Phi) is 10.9. The Bertz CT molecular complexity index is 287. The van der Waals surface area contributed by atoms with Crippen LogP contribution in [0.15, 0.2) is 0 Å². The van der Waals surface area contributed by atoms with Gasteiger partial charge in [-0.05, 0) is 32.9 Å². The van der Waals surface area contributed by atoms with Crippen molar-refractivity contribution in [1.82, 2.24) is 0 Å². The van der Waals surface area contributed by atoms with Gasteiger partial charge in [-0.25, -0.2) is 0 Å². The van der Waals surface area contributed by atoms with Crippen LogP contribution in [0.5, 0.6) is 0 Å². The molecule has 0 bridgehead atoms. The Morgan fingerprint density at radius 2 is 1.60 bits per heavy atom. The third-order valence-electron chi connectivity index (χ3n) is 3.24. The highest BCUT2D eigenvalue weighted by atomic mass is 32.2. The quantitative estimate of drug-likeness (QED) is 0.305. The molecule has 0 unspecified atom stereocenters. The van der Waals surface area contributed by atoms with Crippen LogP contribution in [0.25, 0.3) is 0 Å². The van der Waals surface area contributed by atoms with Crippen molar-refractivity contribution >= 4 is 23.5 Å². The first-order chi connectivity index (χ1) is 9.44. The van der Waals surface area contributed by atoms with Gasteiger partial charge in [0.05, 0.1) is 11.4 Å². The van der Waals surface area contributed by atoms with E-state index in [9.17, 15) is 9.59 Å². The standard InChI is InChI=1S/C16H30O3S/c1-5-7-8-9-10-11-12-20-16(3,4)14(17)13-15(18)19-6-2/h5-13H2,1-4H3. The average molecular weight is 302 g/mol. The van der Waals surface area contributed by atoms with Gasteiger partial charge in [0, 0.05) is 0 Å². The summed E-state index contributed by atoms with van der Waals surface area (Å²) >= 11 is 1.65. The average Bonchev–Trinajstić information content (AvgIpc) is 2.37. The van der Waals surface area contributed by atoms with E-state index in [-0.39, 0.29) is 12.2 Å². The van der Waals surface area contributed by atoms with E-state index in [0.29, 0.717) is 6.61 Å². The van der Waals surface area contributed by atoms with Gasteiger partial charge in [0.2, 0.25) is 0 Å². The lowest BCUT2D eigenvalue weighted by Crippen LogP contribution is -2.30. The maximum absolute atomic E-state index is 12.0. The van der Waals surface area contributed by atoms with Crippen LogP contribution in [0, 0.1) is 0 Å². The van der Waals surface area contributed by atoms with Gasteiger partial charge in [-0.1, -0.05) is 39.0 Å². The first-order valence-electron chi connectivity index (χ1n) is 7.77. The Hall–Kier alpha value is -0.510. The summed E-state index contributed by atoms with van der Waals surface area (Å²) in [6, 6.07) is 0. The van der Waals surface area contributed by atoms with Crippen LogP contribution >= 0.6 is 11.8 Å². The van der Waals surface area contributed by atoms with Crippen LogP contribution in [-0.2, 0) is 14.3 Å².